The van der Waals surface area contributed by atoms with Gasteiger partial charge in [0.25, 0.3) is 5.91 Å². The molecule has 116 valence electrons. The third kappa shape index (κ3) is 4.05. The van der Waals surface area contributed by atoms with Gasteiger partial charge in [0.1, 0.15) is 5.69 Å². The van der Waals surface area contributed by atoms with Crippen LogP contribution in [-0.2, 0) is 0 Å². The molecule has 0 saturated heterocycles. The minimum Gasteiger partial charge on any atom is -0.356 e. The molecule has 0 radical (unpaired) electrons. The number of H-pyrrole nitrogens is 1. The molecule has 0 unspecified atom stereocenters. The average molecular weight is 299 g/mol. The van der Waals surface area contributed by atoms with Gasteiger partial charge in [0.2, 0.25) is 0 Å². The second-order valence-corrected chi connectivity index (χ2v) is 5.56. The number of hydrogen-bond acceptors (Lipinski definition) is 3. The first-order valence-electron chi connectivity index (χ1n) is 7.17. The Hall–Kier alpha value is -2.40. The lowest BCUT2D eigenvalue weighted by Crippen LogP contribution is -2.35. The summed E-state index contributed by atoms with van der Waals surface area (Å²) in [5.74, 6) is -0.286. The molecule has 5 nitrogen and oxygen atoms in total. The molecule has 2 aromatic rings. The molecule has 1 amide bonds. The minimum atomic E-state index is -0.219. The molecule has 0 bridgehead atoms. The first kappa shape index (κ1) is 16.0. The maximum atomic E-state index is 12.4. The molecule has 0 aliphatic heterocycles. The molecule has 0 fully saturated rings. The number of aromatic nitrogens is 1. The molecule has 1 heterocycles. The van der Waals surface area contributed by atoms with E-state index in [2.05, 4.69) is 10.3 Å². The van der Waals surface area contributed by atoms with E-state index in [0.717, 1.165) is 5.56 Å². The summed E-state index contributed by atoms with van der Waals surface area (Å²) in [6.07, 6.45) is 1.56. The van der Waals surface area contributed by atoms with Crippen molar-refractivity contribution < 1.29 is 9.59 Å². The van der Waals surface area contributed by atoms with Crippen molar-refractivity contribution in [2.75, 3.05) is 20.6 Å². The number of carbonyl (C=O) groups excluding carboxylic acids is 2. The Morgan fingerprint density at radius 3 is 2.45 bits per heavy atom. The van der Waals surface area contributed by atoms with Crippen LogP contribution in [0.5, 0.6) is 0 Å². The van der Waals surface area contributed by atoms with E-state index in [-0.39, 0.29) is 17.7 Å². The van der Waals surface area contributed by atoms with Gasteiger partial charge in [-0.15, -0.1) is 0 Å². The van der Waals surface area contributed by atoms with Gasteiger partial charge >= 0.3 is 0 Å². The van der Waals surface area contributed by atoms with Crippen molar-refractivity contribution in [3.63, 3.8) is 0 Å². The molecule has 22 heavy (non-hydrogen) atoms. The van der Waals surface area contributed by atoms with E-state index in [1.165, 1.54) is 6.92 Å². The van der Waals surface area contributed by atoms with Crippen LogP contribution in [0.2, 0.25) is 0 Å². The third-order valence-corrected chi connectivity index (χ3v) is 3.39. The Morgan fingerprint density at radius 1 is 1.23 bits per heavy atom. The number of amides is 1. The van der Waals surface area contributed by atoms with Gasteiger partial charge in [0, 0.05) is 18.3 Å². The first-order valence-corrected chi connectivity index (χ1v) is 7.17. The molecule has 2 rings (SSSR count). The van der Waals surface area contributed by atoms with Crippen LogP contribution in [0.25, 0.3) is 0 Å². The summed E-state index contributed by atoms with van der Waals surface area (Å²) in [5.41, 5.74) is 1.95. The predicted octanol–water partition coefficient (Wildman–Crippen LogP) is 2.25. The molecule has 2 N–H and O–H groups in total. The van der Waals surface area contributed by atoms with Gasteiger partial charge in [-0.3, -0.25) is 9.59 Å². The Kier molecular flexibility index (Phi) is 5.12. The van der Waals surface area contributed by atoms with Crippen molar-refractivity contribution in [2.24, 2.45) is 0 Å². The van der Waals surface area contributed by atoms with Crippen molar-refractivity contribution in [3.8, 4) is 0 Å². The van der Waals surface area contributed by atoms with Crippen molar-refractivity contribution in [3.05, 3.63) is 59.4 Å². The summed E-state index contributed by atoms with van der Waals surface area (Å²) < 4.78 is 0. The third-order valence-electron chi connectivity index (χ3n) is 3.39. The summed E-state index contributed by atoms with van der Waals surface area (Å²) in [4.78, 5) is 28.6. The summed E-state index contributed by atoms with van der Waals surface area (Å²) >= 11 is 0. The number of likely N-dealkylation sites (N-methyl/N-ethyl adjacent to an activating group) is 1. The number of nitrogens with one attached hydrogen (secondary N) is 2. The van der Waals surface area contributed by atoms with Crippen LogP contribution in [0.4, 0.5) is 0 Å². The number of benzene rings is 1. The predicted molar refractivity (Wildman–Crippen MR) is 86.0 cm³/mol. The highest BCUT2D eigenvalue weighted by Crippen LogP contribution is 2.14. The van der Waals surface area contributed by atoms with Crippen LogP contribution in [0.1, 0.15) is 39.4 Å². The second-order valence-electron chi connectivity index (χ2n) is 5.56. The van der Waals surface area contributed by atoms with Gasteiger partial charge in [0.15, 0.2) is 5.78 Å². The molecule has 1 atom stereocenters. The Balaban J connectivity index is 2.15. The number of Topliss-reactive ketones (excluding diaryl/α,β-unsaturated/α-hetero) is 1. The Labute approximate surface area is 130 Å². The van der Waals surface area contributed by atoms with Gasteiger partial charge in [-0.1, -0.05) is 30.3 Å². The Bertz CT molecular complexity index is 647. The highest BCUT2D eigenvalue weighted by atomic mass is 16.2. The SMILES string of the molecule is CC(=O)c1c[nH]c(C(=O)N[C@H](CN(C)C)c2ccccc2)c1. The molecule has 0 saturated carbocycles. The topological polar surface area (TPSA) is 65.2 Å². The lowest BCUT2D eigenvalue weighted by molar-refractivity contribution is 0.0925. The van der Waals surface area contributed by atoms with Gasteiger partial charge < -0.3 is 15.2 Å². The minimum absolute atomic E-state index is 0.0665. The largest absolute Gasteiger partial charge is 0.356 e. The van der Waals surface area contributed by atoms with Crippen molar-refractivity contribution in [2.45, 2.75) is 13.0 Å². The highest BCUT2D eigenvalue weighted by molar-refractivity contribution is 5.99. The number of carbonyl (C=O) groups is 2. The smallest absolute Gasteiger partial charge is 0.268 e. The van der Waals surface area contributed by atoms with Crippen LogP contribution in [0, 0.1) is 0 Å². The number of rotatable bonds is 6. The first-order chi connectivity index (χ1) is 10.5. The molecule has 1 aromatic heterocycles. The van der Waals surface area contributed by atoms with Crippen molar-refractivity contribution >= 4 is 11.7 Å². The lowest BCUT2D eigenvalue weighted by atomic mass is 10.1. The fraction of sp³-hybridized carbons (Fsp3) is 0.294. The molecule has 0 aliphatic rings. The zero-order valence-electron chi connectivity index (χ0n) is 13.1. The van der Waals surface area contributed by atoms with Crippen LogP contribution in [0.15, 0.2) is 42.6 Å². The fourth-order valence-corrected chi connectivity index (χ4v) is 2.25. The van der Waals surface area contributed by atoms with Gasteiger partial charge in [-0.05, 0) is 32.6 Å². The number of ketones is 1. The Morgan fingerprint density at radius 2 is 1.91 bits per heavy atom. The normalized spacial score (nSPS) is 12.2. The molecule has 0 spiro atoms. The molecule has 5 heteroatoms. The summed E-state index contributed by atoms with van der Waals surface area (Å²) in [5, 5.41) is 3.01. The highest BCUT2D eigenvalue weighted by Gasteiger charge is 2.18. The van der Waals surface area contributed by atoms with E-state index in [4.69, 9.17) is 0 Å². The fourth-order valence-electron chi connectivity index (χ4n) is 2.25. The maximum Gasteiger partial charge on any atom is 0.268 e. The van der Waals surface area contributed by atoms with Gasteiger partial charge in [-0.2, -0.15) is 0 Å². The number of nitrogens with zero attached hydrogens (tertiary/aromatic N) is 1. The van der Waals surface area contributed by atoms with E-state index in [9.17, 15) is 9.59 Å². The van der Waals surface area contributed by atoms with E-state index < -0.39 is 0 Å². The zero-order valence-corrected chi connectivity index (χ0v) is 13.1. The number of aromatic amines is 1. The van der Waals surface area contributed by atoms with Gasteiger partial charge in [0.05, 0.1) is 6.04 Å². The van der Waals surface area contributed by atoms with E-state index in [0.29, 0.717) is 17.8 Å². The van der Waals surface area contributed by atoms with E-state index in [1.54, 1.807) is 12.3 Å². The summed E-state index contributed by atoms with van der Waals surface area (Å²) in [6, 6.07) is 11.3. The maximum absolute atomic E-state index is 12.4. The van der Waals surface area contributed by atoms with Crippen LogP contribution in [0.3, 0.4) is 0 Å². The summed E-state index contributed by atoms with van der Waals surface area (Å²) in [7, 11) is 3.93. The molecule has 0 aliphatic carbocycles. The molecular weight excluding hydrogens is 278 g/mol. The lowest BCUT2D eigenvalue weighted by Gasteiger charge is -2.22. The molecule has 1 aromatic carbocycles. The van der Waals surface area contributed by atoms with E-state index in [1.807, 2.05) is 49.3 Å². The monoisotopic (exact) mass is 299 g/mol. The zero-order chi connectivity index (χ0) is 16.1. The quantitative estimate of drug-likeness (QED) is 0.804. The van der Waals surface area contributed by atoms with Crippen LogP contribution >= 0.6 is 0 Å². The molecular formula is C17H21N3O2. The van der Waals surface area contributed by atoms with Crippen molar-refractivity contribution in [1.29, 1.82) is 0 Å². The van der Waals surface area contributed by atoms with Crippen molar-refractivity contribution in [1.82, 2.24) is 15.2 Å². The van der Waals surface area contributed by atoms with Crippen LogP contribution in [-0.4, -0.2) is 42.2 Å². The standard InChI is InChI=1S/C17H21N3O2/c1-12(21)14-9-15(18-10-14)17(22)19-16(11-20(2)3)13-7-5-4-6-8-13/h4-10,16,18H,11H2,1-3H3,(H,19,22)/t16-/m1/s1. The average Bonchev–Trinajstić information content (AvgIpc) is 2.97. The number of hydrogen-bond donors (Lipinski definition) is 2. The van der Waals surface area contributed by atoms with Gasteiger partial charge in [-0.25, -0.2) is 0 Å². The summed E-state index contributed by atoms with van der Waals surface area (Å²) in [6.45, 7) is 2.17. The van der Waals surface area contributed by atoms with Crippen LogP contribution < -0.4 is 5.32 Å². The second kappa shape index (κ2) is 7.04. The van der Waals surface area contributed by atoms with E-state index >= 15 is 0 Å².